The zero-order valence-electron chi connectivity index (χ0n) is 15.8. The van der Waals surface area contributed by atoms with Gasteiger partial charge in [-0.05, 0) is 39.0 Å². The minimum absolute atomic E-state index is 0.195. The number of fused-ring (bicyclic) bond motifs is 1. The Balaban J connectivity index is 1.90. The maximum absolute atomic E-state index is 12.8. The third-order valence-electron chi connectivity index (χ3n) is 4.66. The Morgan fingerprint density at radius 1 is 1.07 bits per heavy atom. The summed E-state index contributed by atoms with van der Waals surface area (Å²) in [7, 11) is -3.78. The second kappa shape index (κ2) is 7.07. The Morgan fingerprint density at radius 2 is 1.79 bits per heavy atom. The van der Waals surface area contributed by atoms with E-state index in [4.69, 9.17) is 4.42 Å². The van der Waals surface area contributed by atoms with E-state index in [1.807, 2.05) is 55.0 Å². The van der Waals surface area contributed by atoms with Gasteiger partial charge in [0.25, 0.3) is 10.0 Å². The number of rotatable bonds is 4. The van der Waals surface area contributed by atoms with Gasteiger partial charge in [0.15, 0.2) is 0 Å². The van der Waals surface area contributed by atoms with E-state index in [1.165, 1.54) is 11.3 Å². The molecule has 0 unspecified atom stereocenters. The largest absolute Gasteiger partial charge is 0.461 e. The molecule has 7 heteroatoms. The molecule has 0 fully saturated rings. The van der Waals surface area contributed by atoms with Crippen LogP contribution in [0, 0.1) is 13.8 Å². The number of thiazole rings is 1. The van der Waals surface area contributed by atoms with Crippen molar-refractivity contribution in [3.8, 4) is 11.3 Å². The smallest absolute Gasteiger partial charge is 0.285 e. The number of furan rings is 1. The first-order chi connectivity index (χ1) is 13.4. The minimum Gasteiger partial charge on any atom is -0.461 e. The van der Waals surface area contributed by atoms with Gasteiger partial charge in [-0.1, -0.05) is 35.9 Å². The molecule has 0 spiro atoms. The van der Waals surface area contributed by atoms with Gasteiger partial charge in [0.05, 0.1) is 10.6 Å². The van der Waals surface area contributed by atoms with Crippen LogP contribution in [0.5, 0.6) is 0 Å². The Labute approximate surface area is 167 Å². The third-order valence-corrected chi connectivity index (χ3v) is 6.92. The van der Waals surface area contributed by atoms with Crippen molar-refractivity contribution in [3.05, 3.63) is 70.0 Å². The van der Waals surface area contributed by atoms with Crippen molar-refractivity contribution in [3.63, 3.8) is 0 Å². The molecule has 5 nitrogen and oxygen atoms in total. The predicted octanol–water partition coefficient (Wildman–Crippen LogP) is 4.89. The van der Waals surface area contributed by atoms with Crippen LogP contribution in [0.4, 0.5) is 0 Å². The molecule has 0 aliphatic heterocycles. The fourth-order valence-corrected chi connectivity index (χ4v) is 5.43. The lowest BCUT2D eigenvalue weighted by molar-refractivity contribution is 0.579. The average molecular weight is 413 g/mol. The molecule has 2 aromatic heterocycles. The maximum Gasteiger partial charge on any atom is 0.285 e. The van der Waals surface area contributed by atoms with Crippen LogP contribution in [0.2, 0.25) is 0 Å². The van der Waals surface area contributed by atoms with E-state index in [1.54, 1.807) is 24.3 Å². The van der Waals surface area contributed by atoms with Gasteiger partial charge in [-0.3, -0.25) is 0 Å². The van der Waals surface area contributed by atoms with Gasteiger partial charge in [-0.15, -0.1) is 15.7 Å². The molecule has 0 aliphatic rings. The summed E-state index contributed by atoms with van der Waals surface area (Å²) >= 11 is 1.32. The van der Waals surface area contributed by atoms with Crippen molar-refractivity contribution < 1.29 is 12.8 Å². The van der Waals surface area contributed by atoms with Crippen LogP contribution in [0.15, 0.2) is 67.6 Å². The highest BCUT2D eigenvalue weighted by Crippen LogP contribution is 2.34. The zero-order chi connectivity index (χ0) is 19.9. The normalized spacial score (nSPS) is 12.8. The van der Waals surface area contributed by atoms with Crippen LogP contribution in [0.25, 0.3) is 22.2 Å². The van der Waals surface area contributed by atoms with Crippen molar-refractivity contribution in [2.45, 2.75) is 32.2 Å². The molecule has 0 bridgehead atoms. The van der Waals surface area contributed by atoms with E-state index < -0.39 is 10.0 Å². The monoisotopic (exact) mass is 412 g/mol. The van der Waals surface area contributed by atoms with Gasteiger partial charge < -0.3 is 8.98 Å². The van der Waals surface area contributed by atoms with Crippen LogP contribution >= 0.6 is 11.3 Å². The van der Waals surface area contributed by atoms with E-state index in [-0.39, 0.29) is 4.90 Å². The number of sulfonamides is 1. The van der Waals surface area contributed by atoms with E-state index in [0.29, 0.717) is 11.3 Å². The highest BCUT2D eigenvalue weighted by Gasteiger charge is 2.18. The fraction of sp³-hybridized carbons (Fsp3) is 0.190. The standard InChI is InChI=1S/C21H20N2O3S2/c1-4-23-18(20-15(3)26-19-8-6-5-7-17(19)20)13-27-21(23)22-28(24,25)16-11-9-14(2)10-12-16/h5-13H,4H2,1-3H3. The summed E-state index contributed by atoms with van der Waals surface area (Å²) in [5.41, 5.74) is 3.70. The van der Waals surface area contributed by atoms with Crippen LogP contribution in [-0.4, -0.2) is 13.0 Å². The van der Waals surface area contributed by atoms with Gasteiger partial charge in [-0.2, -0.15) is 8.42 Å². The first kappa shape index (κ1) is 18.7. The lowest BCUT2D eigenvalue weighted by Crippen LogP contribution is -2.17. The lowest BCUT2D eigenvalue weighted by atomic mass is 10.1. The van der Waals surface area contributed by atoms with E-state index >= 15 is 0 Å². The molecule has 0 saturated heterocycles. The van der Waals surface area contributed by atoms with Gasteiger partial charge in [0.1, 0.15) is 11.3 Å². The quantitative estimate of drug-likeness (QED) is 0.479. The Hall–Kier alpha value is -2.64. The minimum atomic E-state index is -3.78. The van der Waals surface area contributed by atoms with Crippen LogP contribution in [-0.2, 0) is 16.6 Å². The van der Waals surface area contributed by atoms with Gasteiger partial charge in [0.2, 0.25) is 4.80 Å². The molecule has 0 atom stereocenters. The van der Waals surface area contributed by atoms with Crippen molar-refractivity contribution in [2.24, 2.45) is 4.40 Å². The molecule has 2 heterocycles. The van der Waals surface area contributed by atoms with Gasteiger partial charge in [0, 0.05) is 22.9 Å². The van der Waals surface area contributed by atoms with Crippen LogP contribution in [0.3, 0.4) is 0 Å². The molecule has 0 amide bonds. The van der Waals surface area contributed by atoms with Crippen molar-refractivity contribution in [1.82, 2.24) is 4.57 Å². The third kappa shape index (κ3) is 3.21. The molecule has 4 aromatic rings. The predicted molar refractivity (Wildman–Crippen MR) is 112 cm³/mol. The maximum atomic E-state index is 12.8. The first-order valence-electron chi connectivity index (χ1n) is 8.95. The highest BCUT2D eigenvalue weighted by atomic mass is 32.2. The molecule has 0 aliphatic carbocycles. The topological polar surface area (TPSA) is 64.6 Å². The molecule has 2 aromatic carbocycles. The Kier molecular flexibility index (Phi) is 4.72. The Morgan fingerprint density at radius 3 is 2.50 bits per heavy atom. The summed E-state index contributed by atoms with van der Waals surface area (Å²) in [6.45, 7) is 6.42. The van der Waals surface area contributed by atoms with E-state index in [9.17, 15) is 8.42 Å². The molecular formula is C21H20N2O3S2. The zero-order valence-corrected chi connectivity index (χ0v) is 17.5. The second-order valence-electron chi connectivity index (χ2n) is 6.56. The summed E-state index contributed by atoms with van der Waals surface area (Å²) < 4.78 is 37.5. The second-order valence-corrected chi connectivity index (χ2v) is 9.00. The molecule has 0 saturated carbocycles. The number of hydrogen-bond acceptors (Lipinski definition) is 4. The number of aromatic nitrogens is 1. The summed E-state index contributed by atoms with van der Waals surface area (Å²) in [6, 6.07) is 14.6. The molecular weight excluding hydrogens is 392 g/mol. The van der Waals surface area contributed by atoms with Crippen molar-refractivity contribution in [1.29, 1.82) is 0 Å². The highest BCUT2D eigenvalue weighted by molar-refractivity contribution is 7.90. The molecule has 28 heavy (non-hydrogen) atoms. The van der Waals surface area contributed by atoms with Gasteiger partial charge in [-0.25, -0.2) is 0 Å². The molecule has 0 N–H and O–H groups in total. The van der Waals surface area contributed by atoms with Gasteiger partial charge >= 0.3 is 0 Å². The number of nitrogens with zero attached hydrogens (tertiary/aromatic N) is 2. The Bertz CT molecular complexity index is 1320. The van der Waals surface area contributed by atoms with E-state index in [2.05, 4.69) is 4.40 Å². The number of aryl methyl sites for hydroxylation is 2. The summed E-state index contributed by atoms with van der Waals surface area (Å²) in [6.07, 6.45) is 0. The van der Waals surface area contributed by atoms with Crippen molar-refractivity contribution >= 4 is 32.3 Å². The molecule has 0 radical (unpaired) electrons. The van der Waals surface area contributed by atoms with Crippen LogP contribution in [0.1, 0.15) is 18.2 Å². The van der Waals surface area contributed by atoms with Crippen molar-refractivity contribution in [2.75, 3.05) is 0 Å². The number of para-hydroxylation sites is 1. The van der Waals surface area contributed by atoms with Crippen LogP contribution < -0.4 is 4.80 Å². The SMILES string of the molecule is CCn1c(-c2c(C)oc3ccccc23)csc1=NS(=O)(=O)c1ccc(C)cc1. The number of hydrogen-bond donors (Lipinski definition) is 0. The summed E-state index contributed by atoms with van der Waals surface area (Å²) in [5, 5.41) is 2.95. The summed E-state index contributed by atoms with van der Waals surface area (Å²) in [4.78, 5) is 0.642. The lowest BCUT2D eigenvalue weighted by Gasteiger charge is -2.06. The summed E-state index contributed by atoms with van der Waals surface area (Å²) in [5.74, 6) is 0.800. The van der Waals surface area contributed by atoms with E-state index in [0.717, 1.165) is 33.6 Å². The first-order valence-corrected chi connectivity index (χ1v) is 11.3. The number of benzene rings is 2. The molecule has 144 valence electrons. The molecule has 4 rings (SSSR count). The average Bonchev–Trinajstić information content (AvgIpc) is 3.20. The fourth-order valence-electron chi connectivity index (χ4n) is 3.26.